The van der Waals surface area contributed by atoms with Gasteiger partial charge in [0.25, 0.3) is 11.6 Å². The number of nitro groups is 1. The summed E-state index contributed by atoms with van der Waals surface area (Å²) in [5.74, 6) is -1.96. The summed E-state index contributed by atoms with van der Waals surface area (Å²) in [5.41, 5.74) is -0.0996. The Morgan fingerprint density at radius 1 is 0.684 bits per heavy atom. The maximum atomic E-state index is 12.7. The number of benzene rings is 4. The number of aromatic carboxylic acids is 2. The zero-order valence-corrected chi connectivity index (χ0v) is 19.4. The molecule has 0 aliphatic heterocycles. The second kappa shape index (κ2) is 10.9. The molecule has 1 amide bonds. The van der Waals surface area contributed by atoms with Crippen LogP contribution in [0.3, 0.4) is 0 Å². The zero-order chi connectivity index (χ0) is 27.2. The number of hydrogen-bond donors (Lipinski definition) is 3. The molecule has 0 unspecified atom stereocenters. The molecule has 4 aromatic rings. The fourth-order valence-electron chi connectivity index (χ4n) is 3.37. The summed E-state index contributed by atoms with van der Waals surface area (Å²) in [7, 11) is 0. The molecule has 4 rings (SSSR count). The monoisotopic (exact) mass is 514 g/mol. The second-order valence-electron chi connectivity index (χ2n) is 7.78. The molecular weight excluding hydrogens is 496 g/mol. The third-order valence-corrected chi connectivity index (χ3v) is 5.18. The number of nitrogens with zero attached hydrogens (tertiary/aromatic N) is 1. The van der Waals surface area contributed by atoms with Crippen molar-refractivity contribution in [2.75, 3.05) is 5.32 Å². The van der Waals surface area contributed by atoms with Crippen LogP contribution in [0.4, 0.5) is 11.4 Å². The van der Waals surface area contributed by atoms with E-state index in [1.165, 1.54) is 36.4 Å². The third-order valence-electron chi connectivity index (χ3n) is 5.18. The van der Waals surface area contributed by atoms with E-state index in [1.807, 2.05) is 0 Å². The van der Waals surface area contributed by atoms with Crippen LogP contribution in [0, 0.1) is 10.1 Å². The van der Waals surface area contributed by atoms with Gasteiger partial charge in [-0.15, -0.1) is 0 Å². The van der Waals surface area contributed by atoms with Crippen LogP contribution < -0.4 is 14.8 Å². The summed E-state index contributed by atoms with van der Waals surface area (Å²) in [5, 5.41) is 31.9. The minimum atomic E-state index is -1.40. The Kier molecular flexibility index (Phi) is 7.29. The van der Waals surface area contributed by atoms with Gasteiger partial charge in [-0.2, -0.15) is 0 Å². The lowest BCUT2D eigenvalue weighted by atomic mass is 10.1. The molecule has 0 aliphatic carbocycles. The molecule has 0 spiro atoms. The van der Waals surface area contributed by atoms with E-state index in [2.05, 4.69) is 5.32 Å². The molecule has 0 aliphatic rings. The predicted octanol–water partition coefficient (Wildman–Crippen LogP) is 5.83. The Morgan fingerprint density at radius 3 is 1.84 bits per heavy atom. The standard InChI is InChI=1S/C27H18N2O9/c30-25(16-4-8-19(9-5-16)37-20-10-6-18(7-11-20)29(35)36)28-17-2-1-3-21(14-17)38-22-12-13-23(26(31)32)24(15-22)27(33)34/h1-15H,(H,28,30)(H,31,32)(H,33,34). The first-order chi connectivity index (χ1) is 18.2. The largest absolute Gasteiger partial charge is 0.478 e. The van der Waals surface area contributed by atoms with E-state index in [0.29, 0.717) is 22.7 Å². The summed E-state index contributed by atoms with van der Waals surface area (Å²) in [4.78, 5) is 45.6. The summed E-state index contributed by atoms with van der Waals surface area (Å²) in [6, 6.07) is 21.8. The van der Waals surface area contributed by atoms with Crippen molar-refractivity contribution < 1.29 is 39.0 Å². The number of hydrogen-bond acceptors (Lipinski definition) is 7. The van der Waals surface area contributed by atoms with Gasteiger partial charge >= 0.3 is 11.9 Å². The van der Waals surface area contributed by atoms with Crippen LogP contribution in [0.2, 0.25) is 0 Å². The maximum Gasteiger partial charge on any atom is 0.336 e. The van der Waals surface area contributed by atoms with Crippen molar-refractivity contribution in [3.8, 4) is 23.0 Å². The van der Waals surface area contributed by atoms with Gasteiger partial charge < -0.3 is 25.0 Å². The van der Waals surface area contributed by atoms with Crippen molar-refractivity contribution in [1.29, 1.82) is 0 Å². The molecule has 0 fully saturated rings. The van der Waals surface area contributed by atoms with Gasteiger partial charge in [0.1, 0.15) is 23.0 Å². The zero-order valence-electron chi connectivity index (χ0n) is 19.4. The summed E-state index contributed by atoms with van der Waals surface area (Å²) < 4.78 is 11.3. The number of carbonyl (C=O) groups is 3. The molecule has 4 aromatic carbocycles. The first kappa shape index (κ1) is 25.4. The normalized spacial score (nSPS) is 10.3. The van der Waals surface area contributed by atoms with Crippen LogP contribution in [0.1, 0.15) is 31.1 Å². The van der Waals surface area contributed by atoms with E-state index < -0.39 is 28.3 Å². The highest BCUT2D eigenvalue weighted by Crippen LogP contribution is 2.27. The van der Waals surface area contributed by atoms with Gasteiger partial charge in [-0.3, -0.25) is 14.9 Å². The van der Waals surface area contributed by atoms with Crippen molar-refractivity contribution in [1.82, 2.24) is 0 Å². The van der Waals surface area contributed by atoms with Gasteiger partial charge in [-0.25, -0.2) is 9.59 Å². The van der Waals surface area contributed by atoms with E-state index in [0.717, 1.165) is 12.1 Å². The third kappa shape index (κ3) is 6.10. The number of carboxylic acid groups (broad SMARTS) is 2. The number of carbonyl (C=O) groups excluding carboxylic acids is 1. The van der Waals surface area contributed by atoms with Crippen LogP contribution in [0.25, 0.3) is 0 Å². The molecule has 0 radical (unpaired) electrons. The summed E-state index contributed by atoms with van der Waals surface area (Å²) in [6.07, 6.45) is 0. The van der Waals surface area contributed by atoms with Gasteiger partial charge in [0.2, 0.25) is 0 Å². The molecule has 3 N–H and O–H groups in total. The highest BCUT2D eigenvalue weighted by Gasteiger charge is 2.17. The van der Waals surface area contributed by atoms with Gasteiger partial charge in [-0.05, 0) is 66.7 Å². The van der Waals surface area contributed by atoms with Crippen LogP contribution >= 0.6 is 0 Å². The van der Waals surface area contributed by atoms with Crippen LogP contribution in [-0.2, 0) is 0 Å². The molecular formula is C27H18N2O9. The fourth-order valence-corrected chi connectivity index (χ4v) is 3.37. The topological polar surface area (TPSA) is 165 Å². The Bertz CT molecular complexity index is 1530. The molecule has 0 saturated heterocycles. The van der Waals surface area contributed by atoms with E-state index in [1.54, 1.807) is 42.5 Å². The lowest BCUT2D eigenvalue weighted by Gasteiger charge is -2.11. The number of nitro benzene ring substituents is 1. The number of ether oxygens (including phenoxy) is 2. The molecule has 11 nitrogen and oxygen atoms in total. The van der Waals surface area contributed by atoms with Crippen LogP contribution in [0.15, 0.2) is 91.0 Å². The average Bonchev–Trinajstić information content (AvgIpc) is 2.89. The van der Waals surface area contributed by atoms with Crippen molar-refractivity contribution in [2.24, 2.45) is 0 Å². The van der Waals surface area contributed by atoms with Gasteiger partial charge in [0.05, 0.1) is 16.1 Å². The van der Waals surface area contributed by atoms with Gasteiger partial charge in [0.15, 0.2) is 0 Å². The minimum Gasteiger partial charge on any atom is -0.478 e. The number of anilines is 1. The van der Waals surface area contributed by atoms with Crippen LogP contribution in [0.5, 0.6) is 23.0 Å². The molecule has 0 atom stereocenters. The number of non-ortho nitro benzene ring substituents is 1. The molecule has 0 aromatic heterocycles. The molecule has 0 saturated carbocycles. The van der Waals surface area contributed by atoms with E-state index in [-0.39, 0.29) is 22.7 Å². The predicted molar refractivity (Wildman–Crippen MR) is 134 cm³/mol. The lowest BCUT2D eigenvalue weighted by Crippen LogP contribution is -2.11. The molecule has 11 heteroatoms. The molecule has 190 valence electrons. The number of carboxylic acids is 2. The highest BCUT2D eigenvalue weighted by molar-refractivity contribution is 6.04. The lowest BCUT2D eigenvalue weighted by molar-refractivity contribution is -0.384. The van der Waals surface area contributed by atoms with Crippen molar-refractivity contribution in [2.45, 2.75) is 0 Å². The van der Waals surface area contributed by atoms with E-state index in [9.17, 15) is 29.6 Å². The first-order valence-electron chi connectivity index (χ1n) is 10.9. The Labute approximate surface area is 214 Å². The summed E-state index contributed by atoms with van der Waals surface area (Å²) in [6.45, 7) is 0. The Hall–Kier alpha value is -5.71. The summed E-state index contributed by atoms with van der Waals surface area (Å²) >= 11 is 0. The van der Waals surface area contributed by atoms with Gasteiger partial charge in [-0.1, -0.05) is 6.07 Å². The highest BCUT2D eigenvalue weighted by atomic mass is 16.6. The van der Waals surface area contributed by atoms with Crippen molar-refractivity contribution in [3.05, 3.63) is 118 Å². The molecule has 38 heavy (non-hydrogen) atoms. The van der Waals surface area contributed by atoms with Crippen LogP contribution in [-0.4, -0.2) is 33.0 Å². The van der Waals surface area contributed by atoms with Gasteiger partial charge in [0, 0.05) is 29.4 Å². The van der Waals surface area contributed by atoms with E-state index in [4.69, 9.17) is 14.6 Å². The minimum absolute atomic E-state index is 0.0556. The maximum absolute atomic E-state index is 12.7. The number of rotatable bonds is 9. The first-order valence-corrected chi connectivity index (χ1v) is 10.9. The smallest absolute Gasteiger partial charge is 0.336 e. The number of nitrogens with one attached hydrogen (secondary N) is 1. The average molecular weight is 514 g/mol. The van der Waals surface area contributed by atoms with Crippen molar-refractivity contribution >= 4 is 29.2 Å². The SMILES string of the molecule is O=C(Nc1cccc(Oc2ccc(C(=O)O)c(C(=O)O)c2)c1)c1ccc(Oc2ccc([N+](=O)[O-])cc2)cc1. The second-order valence-corrected chi connectivity index (χ2v) is 7.78. The fraction of sp³-hybridized carbons (Fsp3) is 0. The van der Waals surface area contributed by atoms with E-state index >= 15 is 0 Å². The molecule has 0 heterocycles. The Balaban J connectivity index is 1.41. The Morgan fingerprint density at radius 2 is 1.24 bits per heavy atom. The molecule has 0 bridgehead atoms. The quantitative estimate of drug-likeness (QED) is 0.184. The van der Waals surface area contributed by atoms with Crippen molar-refractivity contribution in [3.63, 3.8) is 0 Å². The number of amides is 1.